The quantitative estimate of drug-likeness (QED) is 0.229. The van der Waals surface area contributed by atoms with Crippen LogP contribution in [0.4, 0.5) is 0 Å². The van der Waals surface area contributed by atoms with E-state index in [9.17, 15) is 10.1 Å². The number of hydrogen-bond acceptors (Lipinski definition) is 7. The molecule has 190 valence electrons. The molecule has 37 heavy (non-hydrogen) atoms. The second-order valence-corrected chi connectivity index (χ2v) is 9.75. The number of halogens is 3. The minimum Gasteiger partial charge on any atom is -0.496 e. The van der Waals surface area contributed by atoms with E-state index in [1.807, 2.05) is 19.1 Å². The van der Waals surface area contributed by atoms with E-state index in [1.165, 1.54) is 18.2 Å². The predicted octanol–water partition coefficient (Wildman–Crippen LogP) is 6.99. The molecule has 2 N–H and O–H groups in total. The molecule has 0 aromatic heterocycles. The second-order valence-electron chi connectivity index (χ2n) is 8.02. The van der Waals surface area contributed by atoms with Crippen molar-refractivity contribution in [1.82, 2.24) is 0 Å². The maximum atomic E-state index is 12.9. The van der Waals surface area contributed by atoms with Gasteiger partial charge in [-0.3, -0.25) is 0 Å². The van der Waals surface area contributed by atoms with Crippen LogP contribution in [-0.4, -0.2) is 19.7 Å². The highest BCUT2D eigenvalue weighted by atomic mass is 79.9. The summed E-state index contributed by atoms with van der Waals surface area (Å²) in [5, 5.41) is 10.2. The Morgan fingerprint density at radius 1 is 1.14 bits per heavy atom. The predicted molar refractivity (Wildman–Crippen MR) is 144 cm³/mol. The molecule has 0 saturated heterocycles. The van der Waals surface area contributed by atoms with Crippen LogP contribution < -0.4 is 24.7 Å². The third-order valence-corrected chi connectivity index (χ3v) is 6.64. The van der Waals surface area contributed by atoms with Crippen molar-refractivity contribution in [2.75, 3.05) is 13.7 Å². The Balaban J connectivity index is 1.67. The number of methoxy groups -OCH3 is 1. The fraction of sp³-hybridized carbons (Fsp3) is 0.185. The lowest BCUT2D eigenvalue weighted by molar-refractivity contribution is 0.0734. The molecule has 1 unspecified atom stereocenters. The number of nitrogens with zero attached hydrogens (tertiary/aromatic N) is 1. The summed E-state index contributed by atoms with van der Waals surface area (Å²) in [7, 11) is 1.55. The minimum atomic E-state index is -0.673. The topological polar surface area (TPSA) is 104 Å². The van der Waals surface area contributed by atoms with Crippen molar-refractivity contribution < 1.29 is 23.7 Å². The van der Waals surface area contributed by atoms with E-state index in [1.54, 1.807) is 25.3 Å². The molecule has 0 saturated carbocycles. The number of nitriles is 1. The van der Waals surface area contributed by atoms with Gasteiger partial charge in [-0.05, 0) is 42.8 Å². The van der Waals surface area contributed by atoms with Gasteiger partial charge in [0.15, 0.2) is 5.75 Å². The van der Waals surface area contributed by atoms with Crippen LogP contribution in [0.15, 0.2) is 64.5 Å². The molecule has 1 heterocycles. The first-order valence-corrected chi connectivity index (χ1v) is 12.7. The van der Waals surface area contributed by atoms with Gasteiger partial charge in [0.1, 0.15) is 28.9 Å². The average molecular weight is 604 g/mol. The maximum Gasteiger partial charge on any atom is 0.343 e. The van der Waals surface area contributed by atoms with E-state index in [4.69, 9.17) is 47.9 Å². The molecule has 0 bridgehead atoms. The van der Waals surface area contributed by atoms with E-state index < -0.39 is 11.9 Å². The van der Waals surface area contributed by atoms with Crippen molar-refractivity contribution >= 4 is 45.1 Å². The molecular formula is C27H21BrCl2N2O5. The molecule has 3 aromatic carbocycles. The van der Waals surface area contributed by atoms with Gasteiger partial charge in [-0.25, -0.2) is 4.79 Å². The molecule has 0 fully saturated rings. The van der Waals surface area contributed by atoms with E-state index in [-0.39, 0.29) is 32.8 Å². The van der Waals surface area contributed by atoms with E-state index >= 15 is 0 Å². The lowest BCUT2D eigenvalue weighted by Gasteiger charge is -2.27. The van der Waals surface area contributed by atoms with Crippen LogP contribution in [0, 0.1) is 11.3 Å². The number of fused-ring (bicyclic) bond motifs is 1. The van der Waals surface area contributed by atoms with Gasteiger partial charge in [0.05, 0.1) is 35.2 Å². The SMILES string of the molecule is CCCOc1c(Cl)cc(C(=O)Oc2ccc3c(c2)OC(N)=C(C#N)C3c2cc(Br)ccc2OC)cc1Cl. The Morgan fingerprint density at radius 3 is 2.51 bits per heavy atom. The molecule has 1 aliphatic heterocycles. The Bertz CT molecular complexity index is 1430. The van der Waals surface area contributed by atoms with Crippen LogP contribution in [-0.2, 0) is 0 Å². The molecule has 1 atom stereocenters. The fourth-order valence-electron chi connectivity index (χ4n) is 3.94. The second kappa shape index (κ2) is 11.3. The summed E-state index contributed by atoms with van der Waals surface area (Å²) in [6.07, 6.45) is 0.779. The number of rotatable bonds is 7. The van der Waals surface area contributed by atoms with Gasteiger partial charge in [0.25, 0.3) is 0 Å². The summed E-state index contributed by atoms with van der Waals surface area (Å²) in [6, 6.07) is 15.4. The summed E-state index contributed by atoms with van der Waals surface area (Å²) < 4.78 is 23.2. The van der Waals surface area contributed by atoms with Crippen molar-refractivity contribution in [1.29, 1.82) is 5.26 Å². The number of carbonyl (C=O) groups is 1. The van der Waals surface area contributed by atoms with Gasteiger partial charge in [-0.1, -0.05) is 52.1 Å². The monoisotopic (exact) mass is 602 g/mol. The van der Waals surface area contributed by atoms with Crippen molar-refractivity contribution in [3.8, 4) is 29.1 Å². The van der Waals surface area contributed by atoms with Crippen molar-refractivity contribution in [3.63, 3.8) is 0 Å². The first-order chi connectivity index (χ1) is 17.8. The van der Waals surface area contributed by atoms with Crippen LogP contribution in [0.3, 0.4) is 0 Å². The zero-order chi connectivity index (χ0) is 26.7. The Morgan fingerprint density at radius 2 is 1.86 bits per heavy atom. The highest BCUT2D eigenvalue weighted by Crippen LogP contribution is 2.46. The Hall–Kier alpha value is -3.38. The number of esters is 1. The van der Waals surface area contributed by atoms with Crippen molar-refractivity contribution in [2.24, 2.45) is 5.73 Å². The number of nitrogens with two attached hydrogens (primary N) is 1. The summed E-state index contributed by atoms with van der Waals surface area (Å²) >= 11 is 16.0. The largest absolute Gasteiger partial charge is 0.496 e. The highest BCUT2D eigenvalue weighted by molar-refractivity contribution is 9.10. The van der Waals surface area contributed by atoms with E-state index in [2.05, 4.69) is 22.0 Å². The van der Waals surface area contributed by atoms with Gasteiger partial charge < -0.3 is 24.7 Å². The molecule has 0 aliphatic carbocycles. The molecule has 0 spiro atoms. The average Bonchev–Trinajstić information content (AvgIpc) is 2.87. The van der Waals surface area contributed by atoms with Crippen molar-refractivity contribution in [3.05, 3.63) is 91.2 Å². The third kappa shape index (κ3) is 5.49. The zero-order valence-electron chi connectivity index (χ0n) is 19.8. The molecule has 3 aromatic rings. The fourth-order valence-corrected chi connectivity index (χ4v) is 4.91. The lowest BCUT2D eigenvalue weighted by Crippen LogP contribution is -2.21. The van der Waals surface area contributed by atoms with Gasteiger partial charge in [-0.2, -0.15) is 5.26 Å². The van der Waals surface area contributed by atoms with Gasteiger partial charge in [0, 0.05) is 21.7 Å². The van der Waals surface area contributed by atoms with Crippen molar-refractivity contribution in [2.45, 2.75) is 19.3 Å². The molecule has 1 aliphatic rings. The van der Waals surface area contributed by atoms with Crippen LogP contribution in [0.2, 0.25) is 10.0 Å². The van der Waals surface area contributed by atoms with Crippen LogP contribution in [0.5, 0.6) is 23.0 Å². The Kier molecular flexibility index (Phi) is 8.18. The van der Waals surface area contributed by atoms with Crippen LogP contribution in [0.1, 0.15) is 40.7 Å². The summed E-state index contributed by atoms with van der Waals surface area (Å²) in [6.45, 7) is 2.40. The standard InChI is InChI=1S/C27H21BrCl2N2O5/c1-3-8-35-25-20(29)9-14(10-21(25)30)27(33)36-16-5-6-17-23(12-16)37-26(32)19(13-31)24(17)18-11-15(28)4-7-22(18)34-2/h4-7,9-12,24H,3,8,32H2,1-2H3. The molecular weight excluding hydrogens is 583 g/mol. The summed E-state index contributed by atoms with van der Waals surface area (Å²) in [5.74, 6) is 0.161. The smallest absolute Gasteiger partial charge is 0.343 e. The van der Waals surface area contributed by atoms with E-state index in [0.717, 1.165) is 16.5 Å². The number of ether oxygens (including phenoxy) is 4. The lowest BCUT2D eigenvalue weighted by atomic mass is 9.83. The van der Waals surface area contributed by atoms with E-state index in [0.29, 0.717) is 29.4 Å². The van der Waals surface area contributed by atoms with Crippen LogP contribution in [0.25, 0.3) is 0 Å². The maximum absolute atomic E-state index is 12.9. The van der Waals surface area contributed by atoms with Crippen LogP contribution >= 0.6 is 39.1 Å². The minimum absolute atomic E-state index is 0.0493. The highest BCUT2D eigenvalue weighted by Gasteiger charge is 2.33. The number of allylic oxidation sites excluding steroid dienone is 1. The number of benzene rings is 3. The first-order valence-electron chi connectivity index (χ1n) is 11.2. The molecule has 7 nitrogen and oxygen atoms in total. The molecule has 10 heteroatoms. The Labute approximate surface area is 232 Å². The summed E-state index contributed by atoms with van der Waals surface area (Å²) in [4.78, 5) is 12.9. The third-order valence-electron chi connectivity index (χ3n) is 5.59. The van der Waals surface area contributed by atoms with Gasteiger partial charge >= 0.3 is 5.97 Å². The molecule has 4 rings (SSSR count). The first kappa shape index (κ1) is 26.7. The zero-order valence-corrected chi connectivity index (χ0v) is 22.9. The number of carbonyl (C=O) groups excluding carboxylic acids is 1. The number of hydrogen-bond donors (Lipinski definition) is 1. The molecule has 0 amide bonds. The van der Waals surface area contributed by atoms with Gasteiger partial charge in [-0.15, -0.1) is 0 Å². The normalized spacial score (nSPS) is 14.3. The summed E-state index contributed by atoms with van der Waals surface area (Å²) in [5.41, 5.74) is 7.89. The molecule has 0 radical (unpaired) electrons. The van der Waals surface area contributed by atoms with Gasteiger partial charge in [0.2, 0.25) is 5.88 Å².